The van der Waals surface area contributed by atoms with Crippen LogP contribution in [0.2, 0.25) is 0 Å². The SMILES string of the molecule is CCCn1cc(S(=O)(=O)N(C)Cc2ccncc2)c(N)n1. The van der Waals surface area contributed by atoms with Crippen LogP contribution in [-0.4, -0.2) is 34.5 Å². The van der Waals surface area contributed by atoms with Crippen LogP contribution in [0, 0.1) is 0 Å². The van der Waals surface area contributed by atoms with E-state index in [1.807, 2.05) is 6.92 Å². The number of aryl methyl sites for hydroxylation is 1. The van der Waals surface area contributed by atoms with E-state index in [0.29, 0.717) is 6.54 Å². The van der Waals surface area contributed by atoms with Crippen LogP contribution in [0.4, 0.5) is 5.82 Å². The molecule has 0 unspecified atom stereocenters. The van der Waals surface area contributed by atoms with Gasteiger partial charge in [-0.1, -0.05) is 6.92 Å². The van der Waals surface area contributed by atoms with Crippen molar-refractivity contribution in [3.63, 3.8) is 0 Å². The van der Waals surface area contributed by atoms with Crippen LogP contribution in [0.5, 0.6) is 0 Å². The van der Waals surface area contributed by atoms with Crippen molar-refractivity contribution in [2.24, 2.45) is 0 Å². The molecule has 2 rings (SSSR count). The number of nitrogens with zero attached hydrogens (tertiary/aromatic N) is 4. The van der Waals surface area contributed by atoms with Crippen molar-refractivity contribution >= 4 is 15.8 Å². The molecule has 2 heterocycles. The molecule has 8 heteroatoms. The van der Waals surface area contributed by atoms with Gasteiger partial charge in [0.1, 0.15) is 4.90 Å². The zero-order valence-corrected chi connectivity index (χ0v) is 12.9. The Labute approximate surface area is 124 Å². The number of rotatable bonds is 6. The summed E-state index contributed by atoms with van der Waals surface area (Å²) in [6, 6.07) is 3.55. The zero-order chi connectivity index (χ0) is 15.5. The van der Waals surface area contributed by atoms with Crippen LogP contribution in [0.1, 0.15) is 18.9 Å². The van der Waals surface area contributed by atoms with Crippen molar-refractivity contribution in [3.05, 3.63) is 36.3 Å². The Balaban J connectivity index is 2.24. The number of hydrogen-bond acceptors (Lipinski definition) is 5. The van der Waals surface area contributed by atoms with E-state index in [2.05, 4.69) is 10.1 Å². The predicted molar refractivity (Wildman–Crippen MR) is 79.8 cm³/mol. The molecule has 2 aromatic heterocycles. The minimum Gasteiger partial charge on any atom is -0.381 e. The summed E-state index contributed by atoms with van der Waals surface area (Å²) < 4.78 is 27.9. The van der Waals surface area contributed by atoms with Crippen molar-refractivity contribution in [3.8, 4) is 0 Å². The van der Waals surface area contributed by atoms with Crippen molar-refractivity contribution in [2.75, 3.05) is 12.8 Å². The first-order valence-electron chi connectivity index (χ1n) is 6.63. The van der Waals surface area contributed by atoms with Gasteiger partial charge in [0.05, 0.1) is 0 Å². The van der Waals surface area contributed by atoms with Crippen molar-refractivity contribution in [1.82, 2.24) is 19.1 Å². The highest BCUT2D eigenvalue weighted by atomic mass is 32.2. The highest BCUT2D eigenvalue weighted by Gasteiger charge is 2.26. The molecule has 2 aromatic rings. The number of nitrogens with two attached hydrogens (primary N) is 1. The lowest BCUT2D eigenvalue weighted by Gasteiger charge is -2.16. The molecule has 21 heavy (non-hydrogen) atoms. The van der Waals surface area contributed by atoms with Crippen LogP contribution in [0.3, 0.4) is 0 Å². The van der Waals surface area contributed by atoms with Crippen LogP contribution in [-0.2, 0) is 23.1 Å². The number of pyridine rings is 1. The summed E-state index contributed by atoms with van der Waals surface area (Å²) in [6.07, 6.45) is 5.59. The molecule has 0 atom stereocenters. The fraction of sp³-hybridized carbons (Fsp3) is 0.385. The lowest BCUT2D eigenvalue weighted by atomic mass is 10.3. The Hall–Kier alpha value is -1.93. The second-order valence-corrected chi connectivity index (χ2v) is 6.77. The molecule has 0 saturated heterocycles. The van der Waals surface area contributed by atoms with Gasteiger partial charge in [-0.15, -0.1) is 0 Å². The molecule has 0 aromatic carbocycles. The second kappa shape index (κ2) is 6.23. The molecule has 114 valence electrons. The van der Waals surface area contributed by atoms with Gasteiger partial charge in [-0.3, -0.25) is 9.67 Å². The molecule has 0 radical (unpaired) electrons. The average molecular weight is 309 g/mol. The normalized spacial score (nSPS) is 12.0. The standard InChI is InChI=1S/C13H19N5O2S/c1-3-8-18-10-12(13(14)16-18)21(19,20)17(2)9-11-4-6-15-7-5-11/h4-7,10H,3,8-9H2,1-2H3,(H2,14,16). The summed E-state index contributed by atoms with van der Waals surface area (Å²) in [7, 11) is -2.14. The van der Waals surface area contributed by atoms with Gasteiger partial charge in [0, 0.05) is 38.7 Å². The summed E-state index contributed by atoms with van der Waals surface area (Å²) >= 11 is 0. The minimum absolute atomic E-state index is 0.0324. The fourth-order valence-electron chi connectivity index (χ4n) is 1.96. The third kappa shape index (κ3) is 3.40. The number of sulfonamides is 1. The van der Waals surface area contributed by atoms with E-state index in [0.717, 1.165) is 12.0 Å². The summed E-state index contributed by atoms with van der Waals surface area (Å²) in [5.41, 5.74) is 6.60. The third-order valence-electron chi connectivity index (χ3n) is 3.05. The molecule has 7 nitrogen and oxygen atoms in total. The highest BCUT2D eigenvalue weighted by Crippen LogP contribution is 2.21. The third-order valence-corrected chi connectivity index (χ3v) is 4.87. The van der Waals surface area contributed by atoms with E-state index in [9.17, 15) is 8.42 Å². The van der Waals surface area contributed by atoms with Crippen LogP contribution >= 0.6 is 0 Å². The van der Waals surface area contributed by atoms with Gasteiger partial charge in [0.25, 0.3) is 0 Å². The molecular formula is C13H19N5O2S. The molecule has 0 aliphatic carbocycles. The van der Waals surface area contributed by atoms with Gasteiger partial charge >= 0.3 is 0 Å². The Bertz CT molecular complexity index is 697. The molecule has 0 saturated carbocycles. The largest absolute Gasteiger partial charge is 0.381 e. The quantitative estimate of drug-likeness (QED) is 0.862. The van der Waals surface area contributed by atoms with E-state index in [4.69, 9.17) is 5.73 Å². The molecular weight excluding hydrogens is 290 g/mol. The molecule has 0 aliphatic heterocycles. The maximum atomic E-state index is 12.6. The number of aromatic nitrogens is 3. The van der Waals surface area contributed by atoms with E-state index in [-0.39, 0.29) is 17.3 Å². The Morgan fingerprint density at radius 2 is 2.00 bits per heavy atom. The second-order valence-electron chi connectivity index (χ2n) is 4.76. The maximum absolute atomic E-state index is 12.6. The van der Waals surface area contributed by atoms with Crippen molar-refractivity contribution in [2.45, 2.75) is 31.3 Å². The van der Waals surface area contributed by atoms with Crippen molar-refractivity contribution in [1.29, 1.82) is 0 Å². The molecule has 0 spiro atoms. The first-order chi connectivity index (χ1) is 9.95. The summed E-state index contributed by atoms with van der Waals surface area (Å²) in [4.78, 5) is 3.96. The van der Waals surface area contributed by atoms with Gasteiger partial charge in [-0.2, -0.15) is 9.40 Å². The number of hydrogen-bond donors (Lipinski definition) is 1. The van der Waals surface area contributed by atoms with Gasteiger partial charge in [0.2, 0.25) is 10.0 Å². The van der Waals surface area contributed by atoms with Crippen LogP contribution in [0.15, 0.2) is 35.6 Å². The Morgan fingerprint density at radius 1 is 1.33 bits per heavy atom. The van der Waals surface area contributed by atoms with Crippen LogP contribution in [0.25, 0.3) is 0 Å². The molecule has 2 N–H and O–H groups in total. The van der Waals surface area contributed by atoms with E-state index >= 15 is 0 Å². The van der Waals surface area contributed by atoms with Gasteiger partial charge in [-0.25, -0.2) is 8.42 Å². The zero-order valence-electron chi connectivity index (χ0n) is 12.1. The van der Waals surface area contributed by atoms with Gasteiger partial charge < -0.3 is 5.73 Å². The van der Waals surface area contributed by atoms with Gasteiger partial charge in [0.15, 0.2) is 5.82 Å². The topological polar surface area (TPSA) is 94.1 Å². The fourth-order valence-corrected chi connectivity index (χ4v) is 3.17. The number of nitrogen functional groups attached to an aromatic ring is 1. The average Bonchev–Trinajstić information content (AvgIpc) is 2.82. The monoisotopic (exact) mass is 309 g/mol. The maximum Gasteiger partial charge on any atom is 0.248 e. The van der Waals surface area contributed by atoms with Crippen molar-refractivity contribution < 1.29 is 8.42 Å². The Kier molecular flexibility index (Phi) is 4.59. The first-order valence-corrected chi connectivity index (χ1v) is 8.07. The number of anilines is 1. The Morgan fingerprint density at radius 3 is 2.62 bits per heavy atom. The molecule has 0 aliphatic rings. The summed E-state index contributed by atoms with van der Waals surface area (Å²) in [5, 5.41) is 4.03. The van der Waals surface area contributed by atoms with E-state index in [1.165, 1.54) is 17.5 Å². The minimum atomic E-state index is -3.66. The first kappa shape index (κ1) is 15.5. The molecule has 0 bridgehead atoms. The lowest BCUT2D eigenvalue weighted by Crippen LogP contribution is -2.26. The van der Waals surface area contributed by atoms with E-state index < -0.39 is 10.0 Å². The predicted octanol–water partition coefficient (Wildman–Crippen LogP) is 1.09. The lowest BCUT2D eigenvalue weighted by molar-refractivity contribution is 0.466. The van der Waals surface area contributed by atoms with Crippen LogP contribution < -0.4 is 5.73 Å². The van der Waals surface area contributed by atoms with Gasteiger partial charge in [-0.05, 0) is 24.1 Å². The molecule has 0 fully saturated rings. The molecule has 0 amide bonds. The van der Waals surface area contributed by atoms with E-state index in [1.54, 1.807) is 29.2 Å². The highest BCUT2D eigenvalue weighted by molar-refractivity contribution is 7.89. The summed E-state index contributed by atoms with van der Waals surface area (Å²) in [6.45, 7) is 2.87. The summed E-state index contributed by atoms with van der Waals surface area (Å²) in [5.74, 6) is 0.0324. The smallest absolute Gasteiger partial charge is 0.248 e.